The van der Waals surface area contributed by atoms with Gasteiger partial charge in [-0.3, -0.25) is 0 Å². The number of sulfonamides is 1. The number of benzene rings is 1. The number of hydrogen-bond donors (Lipinski definition) is 3. The molecule has 0 aromatic heterocycles. The molecule has 0 fully saturated rings. The molecule has 0 bridgehead atoms. The van der Waals surface area contributed by atoms with Crippen LogP contribution in [0.5, 0.6) is 0 Å². The molecular weight excluding hydrogens is 290 g/mol. The van der Waals surface area contributed by atoms with Crippen LogP contribution in [0.2, 0.25) is 5.02 Å². The van der Waals surface area contributed by atoms with Gasteiger partial charge >= 0.3 is 6.03 Å². The monoisotopic (exact) mass is 305 g/mol. The Morgan fingerprint density at radius 3 is 2.68 bits per heavy atom. The Bertz CT molecular complexity index is 560. The topological polar surface area (TPSA) is 101 Å². The second kappa shape index (κ2) is 6.74. The largest absolute Gasteiger partial charge is 0.338 e. The maximum atomic E-state index is 11.5. The molecule has 8 heteroatoms. The van der Waals surface area contributed by atoms with Crippen molar-refractivity contribution < 1.29 is 13.2 Å². The minimum Gasteiger partial charge on any atom is -0.338 e. The molecule has 106 valence electrons. The molecule has 2 amide bonds. The van der Waals surface area contributed by atoms with Crippen LogP contribution >= 0.6 is 11.6 Å². The zero-order chi connectivity index (χ0) is 14.5. The summed E-state index contributed by atoms with van der Waals surface area (Å²) >= 11 is 5.87. The third-order valence-electron chi connectivity index (χ3n) is 2.33. The van der Waals surface area contributed by atoms with Crippen LogP contribution in [-0.4, -0.2) is 21.0 Å². The second-order valence-corrected chi connectivity index (χ2v) is 5.89. The van der Waals surface area contributed by atoms with Gasteiger partial charge in [0, 0.05) is 6.54 Å². The van der Waals surface area contributed by atoms with Crippen molar-refractivity contribution in [2.75, 3.05) is 11.9 Å². The number of amides is 2. The van der Waals surface area contributed by atoms with Gasteiger partial charge in [-0.05, 0) is 24.6 Å². The van der Waals surface area contributed by atoms with Crippen molar-refractivity contribution in [1.82, 2.24) is 5.32 Å². The summed E-state index contributed by atoms with van der Waals surface area (Å²) in [6, 6.07) is 3.42. The van der Waals surface area contributed by atoms with E-state index in [1.807, 2.05) is 6.92 Å². The van der Waals surface area contributed by atoms with E-state index in [0.29, 0.717) is 6.54 Å². The highest BCUT2D eigenvalue weighted by Crippen LogP contribution is 2.24. The Hall–Kier alpha value is -1.31. The number of nitrogens with two attached hydrogens (primary N) is 1. The first-order valence-electron chi connectivity index (χ1n) is 5.71. The fourth-order valence-electron chi connectivity index (χ4n) is 1.32. The van der Waals surface area contributed by atoms with Gasteiger partial charge in [-0.2, -0.15) is 0 Å². The van der Waals surface area contributed by atoms with E-state index in [4.69, 9.17) is 16.7 Å². The summed E-state index contributed by atoms with van der Waals surface area (Å²) in [6.45, 7) is 2.54. The summed E-state index contributed by atoms with van der Waals surface area (Å²) in [6.07, 6.45) is 1.82. The van der Waals surface area contributed by atoms with E-state index < -0.39 is 16.1 Å². The maximum Gasteiger partial charge on any atom is 0.319 e. The first-order valence-corrected chi connectivity index (χ1v) is 7.64. The number of carbonyl (C=O) groups is 1. The molecule has 0 spiro atoms. The Labute approximate surface area is 117 Å². The fourth-order valence-corrected chi connectivity index (χ4v) is 2.03. The van der Waals surface area contributed by atoms with Crippen LogP contribution in [0.3, 0.4) is 0 Å². The number of nitrogens with one attached hydrogen (secondary N) is 2. The number of anilines is 1. The zero-order valence-corrected chi connectivity index (χ0v) is 12.0. The average molecular weight is 306 g/mol. The average Bonchev–Trinajstić information content (AvgIpc) is 2.31. The third kappa shape index (κ3) is 5.06. The lowest BCUT2D eigenvalue weighted by Crippen LogP contribution is -2.29. The second-order valence-electron chi connectivity index (χ2n) is 3.92. The van der Waals surface area contributed by atoms with E-state index in [-0.39, 0.29) is 15.6 Å². The molecule has 4 N–H and O–H groups in total. The van der Waals surface area contributed by atoms with Crippen LogP contribution < -0.4 is 15.8 Å². The van der Waals surface area contributed by atoms with Gasteiger partial charge in [0.1, 0.15) is 0 Å². The van der Waals surface area contributed by atoms with Crippen molar-refractivity contribution in [2.24, 2.45) is 5.14 Å². The molecule has 0 aliphatic rings. The molecule has 1 rings (SSSR count). The quantitative estimate of drug-likeness (QED) is 0.724. The molecule has 1 aromatic rings. The smallest absolute Gasteiger partial charge is 0.319 e. The van der Waals surface area contributed by atoms with E-state index in [1.165, 1.54) is 18.2 Å². The molecule has 0 radical (unpaired) electrons. The normalized spacial score (nSPS) is 11.1. The lowest BCUT2D eigenvalue weighted by Gasteiger charge is -2.09. The first-order chi connectivity index (χ1) is 8.84. The van der Waals surface area contributed by atoms with E-state index in [9.17, 15) is 13.2 Å². The SMILES string of the molecule is CCCCNC(=O)Nc1cc(S(N)(=O)=O)ccc1Cl. The molecule has 1 aromatic carbocycles. The minimum absolute atomic E-state index is 0.110. The fraction of sp³-hybridized carbons (Fsp3) is 0.364. The van der Waals surface area contributed by atoms with Crippen molar-refractivity contribution in [3.05, 3.63) is 23.2 Å². The number of urea groups is 1. The molecule has 0 atom stereocenters. The number of primary sulfonamides is 1. The molecule has 0 aliphatic carbocycles. The summed E-state index contributed by atoms with van der Waals surface area (Å²) in [5.41, 5.74) is 0.196. The lowest BCUT2D eigenvalue weighted by atomic mass is 10.3. The molecule has 6 nitrogen and oxygen atoms in total. The molecule has 0 unspecified atom stereocenters. The molecule has 0 saturated heterocycles. The Kier molecular flexibility index (Phi) is 5.59. The van der Waals surface area contributed by atoms with Gasteiger partial charge in [0.25, 0.3) is 0 Å². The number of halogens is 1. The van der Waals surface area contributed by atoms with Crippen molar-refractivity contribution in [3.63, 3.8) is 0 Å². The van der Waals surface area contributed by atoms with Gasteiger partial charge in [-0.25, -0.2) is 18.4 Å². The van der Waals surface area contributed by atoms with Crippen LogP contribution in [0.15, 0.2) is 23.1 Å². The van der Waals surface area contributed by atoms with Crippen LogP contribution in [0.1, 0.15) is 19.8 Å². The summed E-state index contributed by atoms with van der Waals surface area (Å²) in [4.78, 5) is 11.4. The molecule has 0 aliphatic heterocycles. The summed E-state index contributed by atoms with van der Waals surface area (Å²) in [5.74, 6) is 0. The lowest BCUT2D eigenvalue weighted by molar-refractivity contribution is 0.252. The summed E-state index contributed by atoms with van der Waals surface area (Å²) in [5, 5.41) is 10.3. The van der Waals surface area contributed by atoms with Crippen molar-refractivity contribution in [2.45, 2.75) is 24.7 Å². The van der Waals surface area contributed by atoms with E-state index in [1.54, 1.807) is 0 Å². The van der Waals surface area contributed by atoms with Crippen LogP contribution in [-0.2, 0) is 10.0 Å². The Balaban J connectivity index is 2.80. The minimum atomic E-state index is -3.83. The number of rotatable bonds is 5. The molecular formula is C11H16ClN3O3S. The van der Waals surface area contributed by atoms with Crippen molar-refractivity contribution in [1.29, 1.82) is 0 Å². The Morgan fingerprint density at radius 1 is 1.42 bits per heavy atom. The van der Waals surface area contributed by atoms with Gasteiger partial charge in [-0.1, -0.05) is 24.9 Å². The van der Waals surface area contributed by atoms with Gasteiger partial charge in [0.2, 0.25) is 10.0 Å². The van der Waals surface area contributed by atoms with Crippen molar-refractivity contribution in [3.8, 4) is 0 Å². The summed E-state index contributed by atoms with van der Waals surface area (Å²) in [7, 11) is -3.83. The highest BCUT2D eigenvalue weighted by Gasteiger charge is 2.12. The maximum absolute atomic E-state index is 11.5. The van der Waals surface area contributed by atoms with Crippen LogP contribution in [0.4, 0.5) is 10.5 Å². The summed E-state index contributed by atoms with van der Waals surface area (Å²) < 4.78 is 22.4. The Morgan fingerprint density at radius 2 is 2.11 bits per heavy atom. The van der Waals surface area contributed by atoms with E-state index in [0.717, 1.165) is 12.8 Å². The van der Waals surface area contributed by atoms with Crippen molar-refractivity contribution >= 4 is 33.3 Å². The number of unbranched alkanes of at least 4 members (excludes halogenated alkanes) is 1. The number of hydrogen-bond acceptors (Lipinski definition) is 3. The van der Waals surface area contributed by atoms with E-state index >= 15 is 0 Å². The zero-order valence-electron chi connectivity index (χ0n) is 10.4. The highest BCUT2D eigenvalue weighted by molar-refractivity contribution is 7.89. The molecule has 0 heterocycles. The van der Waals surface area contributed by atoms with Gasteiger partial charge < -0.3 is 10.6 Å². The van der Waals surface area contributed by atoms with Crippen LogP contribution in [0, 0.1) is 0 Å². The van der Waals surface area contributed by atoms with E-state index in [2.05, 4.69) is 10.6 Å². The first kappa shape index (κ1) is 15.7. The predicted octanol–water partition coefficient (Wildman–Crippen LogP) is 1.91. The molecule has 0 saturated carbocycles. The van der Waals surface area contributed by atoms with Gasteiger partial charge in [-0.15, -0.1) is 0 Å². The van der Waals surface area contributed by atoms with Crippen LogP contribution in [0.25, 0.3) is 0 Å². The highest BCUT2D eigenvalue weighted by atomic mass is 35.5. The number of carbonyl (C=O) groups excluding carboxylic acids is 1. The molecule has 19 heavy (non-hydrogen) atoms. The van der Waals surface area contributed by atoms with Gasteiger partial charge in [0.15, 0.2) is 0 Å². The van der Waals surface area contributed by atoms with Gasteiger partial charge in [0.05, 0.1) is 15.6 Å². The standard InChI is InChI=1S/C11H16ClN3O3S/c1-2-3-6-14-11(16)15-10-7-8(19(13,17)18)4-5-9(10)12/h4-5,7H,2-3,6H2,1H3,(H2,13,17,18)(H2,14,15,16). The predicted molar refractivity (Wildman–Crippen MR) is 74.8 cm³/mol. The third-order valence-corrected chi connectivity index (χ3v) is 3.57.